The minimum absolute atomic E-state index is 0.132. The summed E-state index contributed by atoms with van der Waals surface area (Å²) in [4.78, 5) is 14.2. The summed E-state index contributed by atoms with van der Waals surface area (Å²) in [5, 5.41) is 12.9. The second-order valence-corrected chi connectivity index (χ2v) is 4.75. The fourth-order valence-corrected chi connectivity index (χ4v) is 2.58. The first-order chi connectivity index (χ1) is 9.72. The van der Waals surface area contributed by atoms with Gasteiger partial charge in [0, 0.05) is 17.6 Å². The van der Waals surface area contributed by atoms with Crippen molar-refractivity contribution < 1.29 is 0 Å². The molecule has 3 aromatic rings. The van der Waals surface area contributed by atoms with Crippen LogP contribution in [0.2, 0.25) is 0 Å². The summed E-state index contributed by atoms with van der Waals surface area (Å²) in [6.45, 7) is 0.545. The lowest BCUT2D eigenvalue weighted by Crippen LogP contribution is -2.05. The van der Waals surface area contributed by atoms with E-state index in [1.807, 2.05) is 18.2 Å². The van der Waals surface area contributed by atoms with Crippen LogP contribution in [0.3, 0.4) is 0 Å². The molecule has 0 spiro atoms. The van der Waals surface area contributed by atoms with E-state index in [1.54, 1.807) is 18.3 Å². The van der Waals surface area contributed by atoms with Gasteiger partial charge in [-0.25, -0.2) is 0 Å². The van der Waals surface area contributed by atoms with E-state index in [-0.39, 0.29) is 5.56 Å². The van der Waals surface area contributed by atoms with E-state index >= 15 is 0 Å². The molecule has 3 rings (SSSR count). The predicted molar refractivity (Wildman–Crippen MR) is 79.5 cm³/mol. The molecule has 3 N–H and O–H groups in total. The van der Waals surface area contributed by atoms with E-state index in [0.717, 1.165) is 33.5 Å². The van der Waals surface area contributed by atoms with Crippen molar-refractivity contribution in [2.24, 2.45) is 5.73 Å². The normalized spacial score (nSPS) is 10.8. The summed E-state index contributed by atoms with van der Waals surface area (Å²) in [6.07, 6.45) is 2.44. The Kier molecular flexibility index (Phi) is 2.97. The largest absolute Gasteiger partial charge is 0.330 e. The maximum Gasteiger partial charge on any atom is 0.248 e. The minimum Gasteiger partial charge on any atom is -0.330 e. The van der Waals surface area contributed by atoms with Gasteiger partial charge in [0.15, 0.2) is 0 Å². The van der Waals surface area contributed by atoms with E-state index in [1.165, 1.54) is 0 Å². The van der Waals surface area contributed by atoms with Crippen molar-refractivity contribution in [1.29, 1.82) is 5.26 Å². The molecule has 0 aliphatic rings. The molecule has 4 nitrogen and oxygen atoms in total. The van der Waals surface area contributed by atoms with Gasteiger partial charge in [0.25, 0.3) is 0 Å². The van der Waals surface area contributed by atoms with Gasteiger partial charge in [0.05, 0.1) is 11.6 Å². The van der Waals surface area contributed by atoms with Gasteiger partial charge in [0.1, 0.15) is 0 Å². The van der Waals surface area contributed by atoms with Crippen LogP contribution >= 0.6 is 0 Å². The summed E-state index contributed by atoms with van der Waals surface area (Å²) >= 11 is 0. The number of nitrogens with one attached hydrogen (secondary N) is 1. The number of hydrogen-bond acceptors (Lipinski definition) is 3. The molecule has 0 bridgehead atoms. The van der Waals surface area contributed by atoms with E-state index < -0.39 is 0 Å². The van der Waals surface area contributed by atoms with E-state index in [9.17, 15) is 4.79 Å². The lowest BCUT2D eigenvalue weighted by Gasteiger charge is -2.10. The van der Waals surface area contributed by atoms with Crippen molar-refractivity contribution in [1.82, 2.24) is 4.98 Å². The zero-order valence-corrected chi connectivity index (χ0v) is 10.8. The van der Waals surface area contributed by atoms with Crippen LogP contribution in [0.25, 0.3) is 21.5 Å². The quantitative estimate of drug-likeness (QED) is 0.694. The molecule has 4 heteroatoms. The smallest absolute Gasteiger partial charge is 0.248 e. The number of nitrogens with two attached hydrogens (primary N) is 1. The van der Waals surface area contributed by atoms with Gasteiger partial charge < -0.3 is 10.7 Å². The first kappa shape index (κ1) is 12.4. The number of fused-ring (bicyclic) bond motifs is 3. The topological polar surface area (TPSA) is 82.7 Å². The van der Waals surface area contributed by atoms with Crippen LogP contribution in [0.15, 0.2) is 41.3 Å². The van der Waals surface area contributed by atoms with Gasteiger partial charge in [-0.1, -0.05) is 12.1 Å². The SMILES string of the molecule is N#Cc1ccc2c(CCN)cc3cc(=O)[nH]cc3c2c1. The first-order valence-electron chi connectivity index (χ1n) is 6.41. The van der Waals surface area contributed by atoms with Crippen molar-refractivity contribution in [2.45, 2.75) is 6.42 Å². The summed E-state index contributed by atoms with van der Waals surface area (Å²) in [5.41, 5.74) is 7.24. The molecule has 1 heterocycles. The van der Waals surface area contributed by atoms with Crippen LogP contribution < -0.4 is 11.3 Å². The molecule has 0 radical (unpaired) electrons. The lowest BCUT2D eigenvalue weighted by atomic mass is 9.95. The van der Waals surface area contributed by atoms with Gasteiger partial charge in [0.2, 0.25) is 5.56 Å². The van der Waals surface area contributed by atoms with Gasteiger partial charge >= 0.3 is 0 Å². The van der Waals surface area contributed by atoms with E-state index in [4.69, 9.17) is 11.0 Å². The Morgan fingerprint density at radius 2 is 2.00 bits per heavy atom. The van der Waals surface area contributed by atoms with Crippen LogP contribution in [0.1, 0.15) is 11.1 Å². The van der Waals surface area contributed by atoms with Crippen LogP contribution in [-0.2, 0) is 6.42 Å². The Labute approximate surface area is 115 Å². The number of benzene rings is 2. The maximum absolute atomic E-state index is 11.5. The van der Waals surface area contributed by atoms with E-state index in [0.29, 0.717) is 12.1 Å². The Bertz CT molecular complexity index is 903. The average molecular weight is 263 g/mol. The third-order valence-electron chi connectivity index (χ3n) is 3.48. The second kappa shape index (κ2) is 4.80. The van der Waals surface area contributed by atoms with Crippen molar-refractivity contribution in [3.8, 4) is 6.07 Å². The zero-order chi connectivity index (χ0) is 14.1. The van der Waals surface area contributed by atoms with Crippen molar-refractivity contribution in [2.75, 3.05) is 6.54 Å². The Morgan fingerprint density at radius 3 is 2.75 bits per heavy atom. The molecule has 0 fully saturated rings. The highest BCUT2D eigenvalue weighted by atomic mass is 16.1. The zero-order valence-electron chi connectivity index (χ0n) is 10.8. The molecule has 0 amide bonds. The van der Waals surface area contributed by atoms with Crippen LogP contribution in [0.5, 0.6) is 0 Å². The highest BCUT2D eigenvalue weighted by Gasteiger charge is 2.08. The standard InChI is InChI=1S/C16H13N3O/c17-4-3-11-6-12-7-16(20)19-9-15(12)14-5-10(8-18)1-2-13(11)14/h1-2,5-7,9H,3-4,17H2,(H,19,20). The van der Waals surface area contributed by atoms with Crippen LogP contribution in [0, 0.1) is 11.3 Å². The molecule has 98 valence electrons. The van der Waals surface area contributed by atoms with Crippen LogP contribution in [0.4, 0.5) is 0 Å². The number of pyridine rings is 1. The number of hydrogen-bond donors (Lipinski definition) is 2. The fraction of sp³-hybridized carbons (Fsp3) is 0.125. The molecule has 20 heavy (non-hydrogen) atoms. The Balaban J connectivity index is 2.49. The van der Waals surface area contributed by atoms with Gasteiger partial charge in [-0.2, -0.15) is 5.26 Å². The van der Waals surface area contributed by atoms with Crippen LogP contribution in [-0.4, -0.2) is 11.5 Å². The summed E-state index contributed by atoms with van der Waals surface area (Å²) in [6, 6.07) is 11.3. The van der Waals surface area contributed by atoms with Gasteiger partial charge in [-0.15, -0.1) is 0 Å². The van der Waals surface area contributed by atoms with Crippen molar-refractivity contribution in [3.05, 3.63) is 58.0 Å². The maximum atomic E-state index is 11.5. The number of H-pyrrole nitrogens is 1. The summed E-state index contributed by atoms with van der Waals surface area (Å²) < 4.78 is 0. The fourth-order valence-electron chi connectivity index (χ4n) is 2.58. The number of nitrogens with zero attached hydrogens (tertiary/aromatic N) is 1. The molecular weight excluding hydrogens is 250 g/mol. The summed E-state index contributed by atoms with van der Waals surface area (Å²) in [7, 11) is 0. The average Bonchev–Trinajstić information content (AvgIpc) is 2.46. The number of nitriles is 1. The molecule has 0 saturated carbocycles. The van der Waals surface area contributed by atoms with Gasteiger partial charge in [-0.3, -0.25) is 4.79 Å². The van der Waals surface area contributed by atoms with E-state index in [2.05, 4.69) is 11.1 Å². The monoisotopic (exact) mass is 263 g/mol. The first-order valence-corrected chi connectivity index (χ1v) is 6.41. The number of aromatic nitrogens is 1. The lowest BCUT2D eigenvalue weighted by molar-refractivity contribution is 0.979. The third-order valence-corrected chi connectivity index (χ3v) is 3.48. The molecule has 0 saturated heterocycles. The highest BCUT2D eigenvalue weighted by Crippen LogP contribution is 2.28. The predicted octanol–water partition coefficient (Wildman–Crippen LogP) is 2.05. The number of rotatable bonds is 2. The molecule has 2 aromatic carbocycles. The third kappa shape index (κ3) is 1.94. The highest BCUT2D eigenvalue weighted by molar-refractivity contribution is 6.09. The van der Waals surface area contributed by atoms with Crippen molar-refractivity contribution in [3.63, 3.8) is 0 Å². The molecule has 1 aromatic heterocycles. The molecule has 0 aliphatic carbocycles. The second-order valence-electron chi connectivity index (χ2n) is 4.75. The Morgan fingerprint density at radius 1 is 1.15 bits per heavy atom. The van der Waals surface area contributed by atoms with Crippen molar-refractivity contribution >= 4 is 21.5 Å². The molecule has 0 aliphatic heterocycles. The minimum atomic E-state index is -0.132. The van der Waals surface area contributed by atoms with Gasteiger partial charge in [-0.05, 0) is 46.8 Å². The molecular formula is C16H13N3O. The molecule has 0 unspecified atom stereocenters. The molecule has 0 atom stereocenters. The number of aromatic amines is 1. The summed E-state index contributed by atoms with van der Waals surface area (Å²) in [5.74, 6) is 0. The Hall–Kier alpha value is -2.64.